The van der Waals surface area contributed by atoms with Crippen LogP contribution in [0.4, 0.5) is 0 Å². The average Bonchev–Trinajstić information content (AvgIpc) is 2.23. The summed E-state index contributed by atoms with van der Waals surface area (Å²) < 4.78 is 5.45. The third kappa shape index (κ3) is 2.25. The van der Waals surface area contributed by atoms with E-state index in [0.717, 1.165) is 0 Å². The van der Waals surface area contributed by atoms with Gasteiger partial charge in [-0.2, -0.15) is 0 Å². The second-order valence-electron chi connectivity index (χ2n) is 3.62. The Kier molecular flexibility index (Phi) is 2.84. The van der Waals surface area contributed by atoms with Gasteiger partial charge >= 0.3 is 6.01 Å². The van der Waals surface area contributed by atoms with Crippen LogP contribution in [-0.2, 0) is 0 Å². The van der Waals surface area contributed by atoms with Crippen LogP contribution in [0.15, 0.2) is 18.5 Å². The minimum Gasteiger partial charge on any atom is -0.447 e. The molecule has 0 saturated heterocycles. The lowest BCUT2D eigenvalue weighted by molar-refractivity contribution is -0.00117. The van der Waals surface area contributed by atoms with Crippen molar-refractivity contribution < 1.29 is 9.84 Å². The Morgan fingerprint density at radius 1 is 1.47 bits per heavy atom. The molecule has 15 heavy (non-hydrogen) atoms. The highest BCUT2D eigenvalue weighted by Crippen LogP contribution is 2.31. The first-order valence-corrected chi connectivity index (χ1v) is 4.87. The quantitative estimate of drug-likeness (QED) is 0.734. The van der Waals surface area contributed by atoms with Crippen LogP contribution < -0.4 is 4.74 Å². The van der Waals surface area contributed by atoms with Crippen LogP contribution in [0.1, 0.15) is 12.8 Å². The molecular formula is C11H12N2O2. The van der Waals surface area contributed by atoms with E-state index in [0.29, 0.717) is 18.9 Å². The molecule has 1 unspecified atom stereocenters. The van der Waals surface area contributed by atoms with Crippen LogP contribution in [0.3, 0.4) is 0 Å². The number of aliphatic hydroxyl groups excluding tert-OH is 1. The summed E-state index contributed by atoms with van der Waals surface area (Å²) in [5.41, 5.74) is 0. The van der Waals surface area contributed by atoms with Gasteiger partial charge in [0.1, 0.15) is 0 Å². The topological polar surface area (TPSA) is 55.2 Å². The zero-order valence-corrected chi connectivity index (χ0v) is 8.21. The minimum absolute atomic E-state index is 0.216. The molecule has 78 valence electrons. The maximum Gasteiger partial charge on any atom is 0.317 e. The molecule has 4 nitrogen and oxygen atoms in total. The molecule has 0 aromatic carbocycles. The number of terminal acetylenes is 1. The monoisotopic (exact) mass is 204 g/mol. The standard InChI is InChI=1S/C11H12N2O2/c1-2-10(8-6-9(14)7-8)15-11-12-4-3-5-13-11/h1,3-5,8-10,14H,6-7H2. The highest BCUT2D eigenvalue weighted by molar-refractivity contribution is 5.07. The second kappa shape index (κ2) is 4.28. The van der Waals surface area contributed by atoms with E-state index in [2.05, 4.69) is 15.9 Å². The van der Waals surface area contributed by atoms with Crippen molar-refractivity contribution in [3.8, 4) is 18.4 Å². The molecule has 4 heteroatoms. The zero-order chi connectivity index (χ0) is 10.7. The molecule has 1 aliphatic rings. The van der Waals surface area contributed by atoms with Gasteiger partial charge < -0.3 is 9.84 Å². The van der Waals surface area contributed by atoms with Crippen molar-refractivity contribution in [3.05, 3.63) is 18.5 Å². The van der Waals surface area contributed by atoms with Gasteiger partial charge in [0, 0.05) is 18.3 Å². The van der Waals surface area contributed by atoms with Crippen molar-refractivity contribution in [2.75, 3.05) is 0 Å². The smallest absolute Gasteiger partial charge is 0.317 e. The van der Waals surface area contributed by atoms with E-state index in [9.17, 15) is 5.11 Å². The number of hydrogen-bond acceptors (Lipinski definition) is 4. The van der Waals surface area contributed by atoms with Crippen molar-refractivity contribution in [1.29, 1.82) is 0 Å². The molecule has 1 fully saturated rings. The van der Waals surface area contributed by atoms with Crippen LogP contribution in [0, 0.1) is 18.3 Å². The molecule has 1 heterocycles. The van der Waals surface area contributed by atoms with Crippen molar-refractivity contribution in [3.63, 3.8) is 0 Å². The van der Waals surface area contributed by atoms with E-state index in [1.54, 1.807) is 18.5 Å². The molecule has 2 rings (SSSR count). The minimum atomic E-state index is -0.337. The highest BCUT2D eigenvalue weighted by atomic mass is 16.5. The van der Waals surface area contributed by atoms with E-state index in [1.807, 2.05) is 0 Å². The predicted octanol–water partition coefficient (Wildman–Crippen LogP) is 0.628. The number of nitrogens with zero attached hydrogens (tertiary/aromatic N) is 2. The third-order valence-corrected chi connectivity index (χ3v) is 2.52. The Labute approximate surface area is 88.3 Å². The molecule has 1 aromatic heterocycles. The van der Waals surface area contributed by atoms with E-state index >= 15 is 0 Å². The lowest BCUT2D eigenvalue weighted by Crippen LogP contribution is -2.39. The lowest BCUT2D eigenvalue weighted by atomic mass is 9.79. The van der Waals surface area contributed by atoms with Crippen molar-refractivity contribution >= 4 is 0 Å². The Hall–Kier alpha value is -1.60. The summed E-state index contributed by atoms with van der Waals surface area (Å²) >= 11 is 0. The van der Waals surface area contributed by atoms with Gasteiger partial charge in [0.15, 0.2) is 6.10 Å². The SMILES string of the molecule is C#CC(Oc1ncccn1)C1CC(O)C1. The molecule has 1 N–H and O–H groups in total. The number of aromatic nitrogens is 2. The van der Waals surface area contributed by atoms with Crippen LogP contribution >= 0.6 is 0 Å². The Balaban J connectivity index is 1.95. The van der Waals surface area contributed by atoms with Gasteiger partial charge in [-0.1, -0.05) is 5.92 Å². The van der Waals surface area contributed by atoms with Crippen LogP contribution in [0.5, 0.6) is 6.01 Å². The fourth-order valence-electron chi connectivity index (χ4n) is 1.60. The number of aliphatic hydroxyl groups is 1. The molecule has 0 bridgehead atoms. The van der Waals surface area contributed by atoms with Gasteiger partial charge in [-0.15, -0.1) is 6.42 Å². The highest BCUT2D eigenvalue weighted by Gasteiger charge is 2.34. The second-order valence-corrected chi connectivity index (χ2v) is 3.62. The molecule has 1 aliphatic carbocycles. The van der Waals surface area contributed by atoms with Crippen LogP contribution in [0.2, 0.25) is 0 Å². The van der Waals surface area contributed by atoms with Crippen molar-refractivity contribution in [1.82, 2.24) is 9.97 Å². The average molecular weight is 204 g/mol. The molecule has 0 radical (unpaired) electrons. The van der Waals surface area contributed by atoms with Crippen LogP contribution in [-0.4, -0.2) is 27.3 Å². The molecule has 1 atom stereocenters. The van der Waals surface area contributed by atoms with Crippen LogP contribution in [0.25, 0.3) is 0 Å². The maximum absolute atomic E-state index is 9.17. The van der Waals surface area contributed by atoms with E-state index < -0.39 is 0 Å². The van der Waals surface area contributed by atoms with E-state index in [1.165, 1.54) is 0 Å². The normalized spacial score (nSPS) is 26.1. The fraction of sp³-hybridized carbons (Fsp3) is 0.455. The first-order chi connectivity index (χ1) is 7.29. The number of ether oxygens (including phenoxy) is 1. The largest absolute Gasteiger partial charge is 0.447 e. The molecular weight excluding hydrogens is 192 g/mol. The van der Waals surface area contributed by atoms with Gasteiger partial charge in [-0.25, -0.2) is 9.97 Å². The van der Waals surface area contributed by atoms with E-state index in [-0.39, 0.29) is 18.1 Å². The van der Waals surface area contributed by atoms with Gasteiger partial charge in [0.25, 0.3) is 0 Å². The fourth-order valence-corrected chi connectivity index (χ4v) is 1.60. The van der Waals surface area contributed by atoms with E-state index in [4.69, 9.17) is 11.2 Å². The van der Waals surface area contributed by atoms with Crippen molar-refractivity contribution in [2.45, 2.75) is 25.0 Å². The first kappa shape index (κ1) is 9.94. The maximum atomic E-state index is 9.17. The predicted molar refractivity (Wildman–Crippen MR) is 54.0 cm³/mol. The van der Waals surface area contributed by atoms with Gasteiger partial charge in [0.2, 0.25) is 0 Å². The Bertz CT molecular complexity index is 355. The summed E-state index contributed by atoms with van der Waals surface area (Å²) in [6.07, 6.45) is 9.39. The molecule has 0 spiro atoms. The summed E-state index contributed by atoms with van der Waals surface area (Å²) in [6.45, 7) is 0. The summed E-state index contributed by atoms with van der Waals surface area (Å²) in [6, 6.07) is 2.01. The number of hydrogen-bond donors (Lipinski definition) is 1. The summed E-state index contributed by atoms with van der Waals surface area (Å²) in [7, 11) is 0. The lowest BCUT2D eigenvalue weighted by Gasteiger charge is -2.34. The number of rotatable bonds is 3. The van der Waals surface area contributed by atoms with Gasteiger partial charge in [-0.05, 0) is 18.9 Å². The van der Waals surface area contributed by atoms with Crippen molar-refractivity contribution in [2.24, 2.45) is 5.92 Å². The first-order valence-electron chi connectivity index (χ1n) is 4.87. The summed E-state index contributed by atoms with van der Waals surface area (Å²) in [5.74, 6) is 2.78. The third-order valence-electron chi connectivity index (χ3n) is 2.52. The molecule has 1 aromatic rings. The summed E-state index contributed by atoms with van der Waals surface area (Å²) in [4.78, 5) is 7.87. The zero-order valence-electron chi connectivity index (χ0n) is 8.21. The van der Waals surface area contributed by atoms with Gasteiger partial charge in [0.05, 0.1) is 6.10 Å². The van der Waals surface area contributed by atoms with Gasteiger partial charge in [-0.3, -0.25) is 0 Å². The Morgan fingerprint density at radius 3 is 2.67 bits per heavy atom. The molecule has 0 amide bonds. The summed E-state index contributed by atoms with van der Waals surface area (Å²) in [5, 5.41) is 9.17. The Morgan fingerprint density at radius 2 is 2.13 bits per heavy atom. The molecule has 0 aliphatic heterocycles. The molecule has 1 saturated carbocycles.